The molecule has 0 aliphatic carbocycles. The van der Waals surface area contributed by atoms with Gasteiger partial charge in [0.2, 0.25) is 5.91 Å². The van der Waals surface area contributed by atoms with Crippen molar-refractivity contribution >= 4 is 17.5 Å². The Labute approximate surface area is 108 Å². The van der Waals surface area contributed by atoms with Gasteiger partial charge in [-0.15, -0.1) is 0 Å². The number of hydrogen-bond donors (Lipinski definition) is 1. The predicted octanol–water partition coefficient (Wildman–Crippen LogP) is 2.60. The number of hydrogen-bond acceptors (Lipinski definition) is 2. The Kier molecular flexibility index (Phi) is 4.97. The van der Waals surface area contributed by atoms with Crippen molar-refractivity contribution in [2.45, 2.75) is 32.4 Å². The summed E-state index contributed by atoms with van der Waals surface area (Å²) < 4.78 is 0. The van der Waals surface area contributed by atoms with E-state index in [0.717, 1.165) is 5.56 Å². The van der Waals surface area contributed by atoms with Crippen LogP contribution in [0.15, 0.2) is 24.3 Å². The van der Waals surface area contributed by atoms with Gasteiger partial charge in [-0.2, -0.15) is 0 Å². The number of halogens is 1. The molecule has 0 spiro atoms. The van der Waals surface area contributed by atoms with Crippen molar-refractivity contribution in [3.05, 3.63) is 34.9 Å². The van der Waals surface area contributed by atoms with Crippen molar-refractivity contribution in [2.24, 2.45) is 5.73 Å². The number of rotatable bonds is 4. The van der Waals surface area contributed by atoms with E-state index in [4.69, 9.17) is 17.3 Å². The van der Waals surface area contributed by atoms with Crippen LogP contribution in [0.4, 0.5) is 0 Å². The van der Waals surface area contributed by atoms with E-state index < -0.39 is 6.04 Å². The Balaban J connectivity index is 2.82. The minimum absolute atomic E-state index is 0.0289. The summed E-state index contributed by atoms with van der Waals surface area (Å²) in [6, 6.07) is 7.06. The lowest BCUT2D eigenvalue weighted by Crippen LogP contribution is -2.42. The maximum atomic E-state index is 11.9. The third kappa shape index (κ3) is 3.45. The Hall–Kier alpha value is -1.06. The second kappa shape index (κ2) is 6.03. The molecule has 2 atom stereocenters. The number of carbonyl (C=O) groups is 1. The van der Waals surface area contributed by atoms with Crippen LogP contribution in [0.1, 0.15) is 31.9 Å². The van der Waals surface area contributed by atoms with Gasteiger partial charge in [0.1, 0.15) is 0 Å². The fraction of sp³-hybridized carbons (Fsp3) is 0.462. The van der Waals surface area contributed by atoms with Crippen molar-refractivity contribution in [2.75, 3.05) is 7.05 Å². The van der Waals surface area contributed by atoms with Crippen LogP contribution < -0.4 is 5.73 Å². The second-order valence-corrected chi connectivity index (χ2v) is 4.63. The molecule has 1 rings (SSSR count). The summed E-state index contributed by atoms with van der Waals surface area (Å²) in [5.74, 6) is -0.0417. The number of likely N-dealkylation sites (N-methyl/N-ethyl adjacent to an activating group) is 1. The maximum Gasteiger partial charge on any atom is 0.239 e. The van der Waals surface area contributed by atoms with Gasteiger partial charge in [-0.05, 0) is 31.0 Å². The van der Waals surface area contributed by atoms with Crippen LogP contribution in [0.3, 0.4) is 0 Å². The second-order valence-electron chi connectivity index (χ2n) is 4.19. The van der Waals surface area contributed by atoms with Gasteiger partial charge in [-0.1, -0.05) is 30.7 Å². The normalized spacial score (nSPS) is 14.2. The van der Waals surface area contributed by atoms with Crippen LogP contribution in [0.5, 0.6) is 0 Å². The molecule has 0 aliphatic rings. The maximum absolute atomic E-state index is 11.9. The standard InChI is InChI=1S/C13H19ClN2O/c1-4-12(15)13(17)16(3)9(2)10-6-5-7-11(14)8-10/h5-9,12H,4,15H2,1-3H3/t9?,12-/m1/s1. The zero-order valence-electron chi connectivity index (χ0n) is 10.5. The van der Waals surface area contributed by atoms with Crippen molar-refractivity contribution in [1.29, 1.82) is 0 Å². The molecule has 1 amide bonds. The van der Waals surface area contributed by atoms with E-state index in [2.05, 4.69) is 0 Å². The summed E-state index contributed by atoms with van der Waals surface area (Å²) >= 11 is 5.93. The Morgan fingerprint density at radius 2 is 2.18 bits per heavy atom. The summed E-state index contributed by atoms with van der Waals surface area (Å²) in [6.45, 7) is 3.87. The first-order valence-electron chi connectivity index (χ1n) is 5.75. The number of benzene rings is 1. The van der Waals surface area contributed by atoms with E-state index >= 15 is 0 Å². The first-order chi connectivity index (χ1) is 7.97. The minimum Gasteiger partial charge on any atom is -0.338 e. The van der Waals surface area contributed by atoms with E-state index in [1.165, 1.54) is 0 Å². The number of nitrogens with two attached hydrogens (primary N) is 1. The van der Waals surface area contributed by atoms with Crippen LogP contribution in [0, 0.1) is 0 Å². The van der Waals surface area contributed by atoms with Crippen molar-refractivity contribution in [3.8, 4) is 0 Å². The van der Waals surface area contributed by atoms with E-state index in [-0.39, 0.29) is 11.9 Å². The highest BCUT2D eigenvalue weighted by molar-refractivity contribution is 6.30. The summed E-state index contributed by atoms with van der Waals surface area (Å²) in [5.41, 5.74) is 6.76. The average Bonchev–Trinajstić information content (AvgIpc) is 2.35. The monoisotopic (exact) mass is 254 g/mol. The molecule has 0 aromatic heterocycles. The summed E-state index contributed by atoms with van der Waals surface area (Å²) in [4.78, 5) is 13.6. The number of nitrogens with zero attached hydrogens (tertiary/aromatic N) is 1. The third-order valence-corrected chi connectivity index (χ3v) is 3.25. The van der Waals surface area contributed by atoms with Crippen LogP contribution in [-0.4, -0.2) is 23.9 Å². The molecule has 2 N–H and O–H groups in total. The fourth-order valence-corrected chi connectivity index (χ4v) is 1.82. The molecule has 0 aliphatic heterocycles. The molecule has 0 saturated carbocycles. The average molecular weight is 255 g/mol. The van der Waals surface area contributed by atoms with Crippen molar-refractivity contribution < 1.29 is 4.79 Å². The summed E-state index contributed by atoms with van der Waals surface area (Å²) in [7, 11) is 1.77. The molecule has 0 heterocycles. The van der Waals surface area contributed by atoms with Gasteiger partial charge in [0, 0.05) is 12.1 Å². The van der Waals surface area contributed by atoms with Crippen LogP contribution in [0.25, 0.3) is 0 Å². The van der Waals surface area contributed by atoms with E-state index in [1.807, 2.05) is 38.1 Å². The van der Waals surface area contributed by atoms with E-state index in [9.17, 15) is 4.79 Å². The first-order valence-corrected chi connectivity index (χ1v) is 6.12. The predicted molar refractivity (Wildman–Crippen MR) is 70.9 cm³/mol. The minimum atomic E-state index is -0.429. The molecule has 1 aromatic rings. The fourth-order valence-electron chi connectivity index (χ4n) is 1.62. The Morgan fingerprint density at radius 1 is 1.53 bits per heavy atom. The van der Waals surface area contributed by atoms with Gasteiger partial charge in [0.15, 0.2) is 0 Å². The lowest BCUT2D eigenvalue weighted by atomic mass is 10.1. The van der Waals surface area contributed by atoms with Crippen LogP contribution in [-0.2, 0) is 4.79 Å². The molecule has 17 heavy (non-hydrogen) atoms. The third-order valence-electron chi connectivity index (χ3n) is 3.02. The molecule has 1 unspecified atom stereocenters. The first kappa shape index (κ1) is 14.0. The summed E-state index contributed by atoms with van der Waals surface area (Å²) in [6.07, 6.45) is 0.644. The molecular weight excluding hydrogens is 236 g/mol. The Bertz CT molecular complexity index is 395. The molecule has 3 nitrogen and oxygen atoms in total. The largest absolute Gasteiger partial charge is 0.338 e. The number of amides is 1. The van der Waals surface area contributed by atoms with Crippen LogP contribution >= 0.6 is 11.6 Å². The SMILES string of the molecule is CC[C@@H](N)C(=O)N(C)C(C)c1cccc(Cl)c1. The number of carbonyl (C=O) groups excluding carboxylic acids is 1. The molecule has 0 radical (unpaired) electrons. The van der Waals surface area contributed by atoms with E-state index in [1.54, 1.807) is 11.9 Å². The Morgan fingerprint density at radius 3 is 2.71 bits per heavy atom. The quantitative estimate of drug-likeness (QED) is 0.898. The highest BCUT2D eigenvalue weighted by atomic mass is 35.5. The zero-order valence-corrected chi connectivity index (χ0v) is 11.2. The van der Waals surface area contributed by atoms with Crippen LogP contribution in [0.2, 0.25) is 5.02 Å². The highest BCUT2D eigenvalue weighted by Crippen LogP contribution is 2.22. The topological polar surface area (TPSA) is 46.3 Å². The zero-order chi connectivity index (χ0) is 13.0. The molecule has 1 aromatic carbocycles. The van der Waals surface area contributed by atoms with Crippen molar-refractivity contribution in [3.63, 3.8) is 0 Å². The lowest BCUT2D eigenvalue weighted by Gasteiger charge is -2.27. The lowest BCUT2D eigenvalue weighted by molar-refractivity contribution is -0.133. The van der Waals surface area contributed by atoms with Gasteiger partial charge >= 0.3 is 0 Å². The van der Waals surface area contributed by atoms with Gasteiger partial charge in [-0.3, -0.25) is 4.79 Å². The van der Waals surface area contributed by atoms with Gasteiger partial charge in [-0.25, -0.2) is 0 Å². The molecule has 0 saturated heterocycles. The van der Waals surface area contributed by atoms with Gasteiger partial charge < -0.3 is 10.6 Å². The van der Waals surface area contributed by atoms with E-state index in [0.29, 0.717) is 11.4 Å². The molecular formula is C13H19ClN2O. The molecule has 4 heteroatoms. The van der Waals surface area contributed by atoms with Crippen molar-refractivity contribution in [1.82, 2.24) is 4.90 Å². The summed E-state index contributed by atoms with van der Waals surface area (Å²) in [5, 5.41) is 0.676. The van der Waals surface area contributed by atoms with Gasteiger partial charge in [0.25, 0.3) is 0 Å². The molecule has 94 valence electrons. The molecule has 0 bridgehead atoms. The highest BCUT2D eigenvalue weighted by Gasteiger charge is 2.21. The molecule has 0 fully saturated rings. The smallest absolute Gasteiger partial charge is 0.239 e. The van der Waals surface area contributed by atoms with Gasteiger partial charge in [0.05, 0.1) is 12.1 Å².